The van der Waals surface area contributed by atoms with Gasteiger partial charge >= 0.3 is 0 Å². The van der Waals surface area contributed by atoms with Crippen molar-refractivity contribution in [3.63, 3.8) is 0 Å². The summed E-state index contributed by atoms with van der Waals surface area (Å²) < 4.78 is 0. The summed E-state index contributed by atoms with van der Waals surface area (Å²) in [5.41, 5.74) is 4.90. The molecule has 0 saturated carbocycles. The molecule has 5 heteroatoms. The van der Waals surface area contributed by atoms with Gasteiger partial charge in [-0.15, -0.1) is 0 Å². The molecule has 1 N–H and O–H groups in total. The molecule has 2 amide bonds. The first-order valence-corrected chi connectivity index (χ1v) is 9.23. The van der Waals surface area contributed by atoms with Gasteiger partial charge in [0, 0.05) is 5.69 Å². The predicted molar refractivity (Wildman–Crippen MR) is 104 cm³/mol. The van der Waals surface area contributed by atoms with Gasteiger partial charge in [-0.3, -0.25) is 9.59 Å². The lowest BCUT2D eigenvalue weighted by molar-refractivity contribution is -0.116. The molecule has 0 radical (unpaired) electrons. The van der Waals surface area contributed by atoms with Gasteiger partial charge in [0.05, 0.1) is 5.69 Å². The predicted octanol–water partition coefficient (Wildman–Crippen LogP) is 5.06. The van der Waals surface area contributed by atoms with E-state index in [1.165, 1.54) is 10.5 Å². The highest BCUT2D eigenvalue weighted by Crippen LogP contribution is 2.33. The second kappa shape index (κ2) is 6.92. The molecule has 1 unspecified atom stereocenters. The first-order chi connectivity index (χ1) is 11.9. The molecule has 1 atom stereocenters. The molecule has 1 fully saturated rings. The van der Waals surface area contributed by atoms with Crippen molar-refractivity contribution in [2.75, 3.05) is 10.2 Å². The van der Waals surface area contributed by atoms with Gasteiger partial charge in [0.25, 0.3) is 11.1 Å². The van der Waals surface area contributed by atoms with E-state index in [0.29, 0.717) is 11.6 Å². The summed E-state index contributed by atoms with van der Waals surface area (Å²) in [6, 6.07) is 13.6. The Morgan fingerprint density at radius 1 is 1.00 bits per heavy atom. The zero-order valence-electron chi connectivity index (χ0n) is 14.9. The summed E-state index contributed by atoms with van der Waals surface area (Å²) in [6.45, 7) is 8.26. The number of amides is 2. The van der Waals surface area contributed by atoms with Gasteiger partial charge in [0.1, 0.15) is 0 Å². The number of carbonyl (C=O) groups excluding carboxylic acids is 2. The lowest BCUT2D eigenvalue weighted by Crippen LogP contribution is -2.34. The largest absolute Gasteiger partial charge is 0.365 e. The monoisotopic (exact) mass is 354 g/mol. The van der Waals surface area contributed by atoms with Crippen molar-refractivity contribution in [2.45, 2.75) is 39.0 Å². The first kappa shape index (κ1) is 17.5. The summed E-state index contributed by atoms with van der Waals surface area (Å²) in [7, 11) is 0. The van der Waals surface area contributed by atoms with Gasteiger partial charge < -0.3 is 5.32 Å². The van der Waals surface area contributed by atoms with E-state index in [4.69, 9.17) is 0 Å². The maximum absolute atomic E-state index is 12.7. The van der Waals surface area contributed by atoms with Crippen molar-refractivity contribution >= 4 is 34.3 Å². The van der Waals surface area contributed by atoms with E-state index in [0.717, 1.165) is 28.6 Å². The minimum Gasteiger partial charge on any atom is -0.365 e. The number of nitrogens with zero attached hydrogens (tertiary/aromatic N) is 1. The maximum Gasteiger partial charge on any atom is 0.295 e. The van der Waals surface area contributed by atoms with Gasteiger partial charge in [0.15, 0.2) is 5.37 Å². The number of thioether (sulfide) groups is 1. The van der Waals surface area contributed by atoms with E-state index in [1.54, 1.807) is 0 Å². The molecule has 130 valence electrons. The minimum absolute atomic E-state index is 0.230. The quantitative estimate of drug-likeness (QED) is 0.833. The lowest BCUT2D eigenvalue weighted by Gasteiger charge is -2.16. The summed E-state index contributed by atoms with van der Waals surface area (Å²) in [5, 5.41) is 2.32. The number of rotatable bonds is 4. The molecule has 1 heterocycles. The van der Waals surface area contributed by atoms with Gasteiger partial charge in [-0.05, 0) is 72.5 Å². The molecule has 1 aliphatic heterocycles. The Morgan fingerprint density at radius 2 is 1.68 bits per heavy atom. The molecule has 25 heavy (non-hydrogen) atoms. The van der Waals surface area contributed by atoms with Gasteiger partial charge in [0.2, 0.25) is 0 Å². The lowest BCUT2D eigenvalue weighted by atomic mass is 10.0. The Labute approximate surface area is 152 Å². The van der Waals surface area contributed by atoms with Crippen LogP contribution >= 0.6 is 11.8 Å². The van der Waals surface area contributed by atoms with Crippen molar-refractivity contribution in [3.05, 3.63) is 59.2 Å². The van der Waals surface area contributed by atoms with E-state index in [9.17, 15) is 9.59 Å². The van der Waals surface area contributed by atoms with Gasteiger partial charge in [-0.25, -0.2) is 4.90 Å². The number of carbonyl (C=O) groups is 2. The van der Waals surface area contributed by atoms with Crippen molar-refractivity contribution in [2.24, 2.45) is 0 Å². The fourth-order valence-corrected chi connectivity index (χ4v) is 3.62. The van der Waals surface area contributed by atoms with E-state index in [-0.39, 0.29) is 11.1 Å². The first-order valence-electron chi connectivity index (χ1n) is 8.35. The number of nitrogens with one attached hydrogen (secondary N) is 1. The number of hydrogen-bond acceptors (Lipinski definition) is 4. The van der Waals surface area contributed by atoms with Crippen LogP contribution in [0.15, 0.2) is 42.5 Å². The highest BCUT2D eigenvalue weighted by Gasteiger charge is 2.40. The van der Waals surface area contributed by atoms with E-state index >= 15 is 0 Å². The molecule has 4 nitrogen and oxygen atoms in total. The Hall–Kier alpha value is -2.27. The van der Waals surface area contributed by atoms with Crippen LogP contribution in [0.5, 0.6) is 0 Å². The number of imide groups is 1. The highest BCUT2D eigenvalue weighted by atomic mass is 32.2. The number of hydrogen-bond donors (Lipinski definition) is 1. The average molecular weight is 354 g/mol. The molecule has 1 saturated heterocycles. The van der Waals surface area contributed by atoms with Crippen molar-refractivity contribution in [3.8, 4) is 0 Å². The second-order valence-corrected chi connectivity index (χ2v) is 7.68. The Kier molecular flexibility index (Phi) is 4.86. The number of benzene rings is 2. The van der Waals surface area contributed by atoms with Crippen LogP contribution in [0.3, 0.4) is 0 Å². The molecule has 0 spiro atoms. The van der Waals surface area contributed by atoms with Crippen molar-refractivity contribution < 1.29 is 9.59 Å². The van der Waals surface area contributed by atoms with E-state index in [1.807, 2.05) is 56.3 Å². The second-order valence-electron chi connectivity index (χ2n) is 6.63. The summed E-state index contributed by atoms with van der Waals surface area (Å²) in [6.07, 6.45) is 0. The fraction of sp³-hybridized carbons (Fsp3) is 0.300. The van der Waals surface area contributed by atoms with Gasteiger partial charge in [-0.1, -0.05) is 32.0 Å². The van der Waals surface area contributed by atoms with E-state index in [2.05, 4.69) is 19.2 Å². The zero-order valence-corrected chi connectivity index (χ0v) is 15.7. The fourth-order valence-electron chi connectivity index (χ4n) is 2.72. The molecule has 0 bridgehead atoms. The molecule has 2 aromatic carbocycles. The Morgan fingerprint density at radius 3 is 2.28 bits per heavy atom. The molecule has 0 aromatic heterocycles. The molecule has 0 aliphatic carbocycles. The normalized spacial score (nSPS) is 17.5. The maximum atomic E-state index is 12.7. The third kappa shape index (κ3) is 3.56. The molecule has 3 rings (SSSR count). The van der Waals surface area contributed by atoms with Crippen molar-refractivity contribution in [1.82, 2.24) is 0 Å². The van der Waals surface area contributed by atoms with Crippen LogP contribution in [0, 0.1) is 13.8 Å². The Bertz CT molecular complexity index is 815. The van der Waals surface area contributed by atoms with Crippen LogP contribution in [0.4, 0.5) is 16.2 Å². The van der Waals surface area contributed by atoms with Gasteiger partial charge in [-0.2, -0.15) is 0 Å². The molecule has 1 aliphatic rings. The summed E-state index contributed by atoms with van der Waals surface area (Å²) in [4.78, 5) is 26.3. The van der Waals surface area contributed by atoms with Crippen LogP contribution in [-0.2, 0) is 4.79 Å². The van der Waals surface area contributed by atoms with E-state index < -0.39 is 5.37 Å². The third-order valence-corrected chi connectivity index (χ3v) is 5.41. The summed E-state index contributed by atoms with van der Waals surface area (Å²) >= 11 is 1.02. The number of anilines is 2. The smallest absolute Gasteiger partial charge is 0.295 e. The molecule has 2 aromatic rings. The van der Waals surface area contributed by atoms with Crippen LogP contribution < -0.4 is 10.2 Å². The average Bonchev–Trinajstić information content (AvgIpc) is 2.85. The number of aryl methyl sites for hydroxylation is 2. The van der Waals surface area contributed by atoms with Crippen LogP contribution in [-0.4, -0.2) is 16.5 Å². The van der Waals surface area contributed by atoms with Crippen molar-refractivity contribution in [1.29, 1.82) is 0 Å². The van der Waals surface area contributed by atoms with Crippen LogP contribution in [0.1, 0.15) is 36.5 Å². The highest BCUT2D eigenvalue weighted by molar-refractivity contribution is 8.16. The SMILES string of the molecule is Cc1ccc(N2C(=O)SC(Nc3ccc(C(C)C)cc3)C2=O)cc1C. The minimum atomic E-state index is -0.598. The topological polar surface area (TPSA) is 49.4 Å². The zero-order chi connectivity index (χ0) is 18.1. The van der Waals surface area contributed by atoms with Crippen LogP contribution in [0.2, 0.25) is 0 Å². The summed E-state index contributed by atoms with van der Waals surface area (Å²) in [5.74, 6) is 0.226. The molecular formula is C20H22N2O2S. The molecular weight excluding hydrogens is 332 g/mol. The Balaban J connectivity index is 1.77. The third-order valence-electron chi connectivity index (χ3n) is 4.47. The standard InChI is InChI=1S/C20H22N2O2S/c1-12(2)15-6-8-16(9-7-15)21-18-19(23)22(20(24)25-18)17-10-5-13(3)14(4)11-17/h5-12,18,21H,1-4H3. The van der Waals surface area contributed by atoms with Crippen LogP contribution in [0.25, 0.3) is 0 Å².